The average Bonchev–Trinajstić information content (AvgIpc) is 2.28. The van der Waals surface area contributed by atoms with Crippen LogP contribution in [-0.2, 0) is 0 Å². The van der Waals surface area contributed by atoms with E-state index in [0.29, 0.717) is 5.69 Å². The van der Waals surface area contributed by atoms with Crippen LogP contribution in [0.15, 0.2) is 18.2 Å². The second-order valence-electron chi connectivity index (χ2n) is 4.07. The van der Waals surface area contributed by atoms with Crippen LogP contribution < -0.4 is 11.1 Å². The van der Waals surface area contributed by atoms with Gasteiger partial charge in [-0.2, -0.15) is 0 Å². The van der Waals surface area contributed by atoms with Gasteiger partial charge < -0.3 is 21.3 Å². The molecule has 0 aliphatic heterocycles. The molecule has 5 N–H and O–H groups in total. The maximum atomic E-state index is 10.6. The second kappa shape index (κ2) is 4.98. The number of non-ortho nitro benzene ring substituents is 1. The molecule has 0 atom stereocenters. The number of rotatable bonds is 5. The Hall–Kier alpha value is -1.86. The predicted molar refractivity (Wildman–Crippen MR) is 63.7 cm³/mol. The van der Waals surface area contributed by atoms with E-state index in [2.05, 4.69) is 5.32 Å². The lowest BCUT2D eigenvalue weighted by molar-refractivity contribution is -0.384. The van der Waals surface area contributed by atoms with Crippen molar-refractivity contribution in [3.8, 4) is 0 Å². The number of anilines is 2. The summed E-state index contributed by atoms with van der Waals surface area (Å²) in [4.78, 5) is 10.1. The standard InChI is InChI=1S/C10H15N3O4/c1-10(5-14,6-15)12-8-2-7(11)3-9(4-8)13(16)17/h2-4,12,14-15H,5-6,11H2,1H3. The maximum absolute atomic E-state index is 10.6. The highest BCUT2D eigenvalue weighted by atomic mass is 16.6. The van der Waals surface area contributed by atoms with Crippen LogP contribution >= 0.6 is 0 Å². The number of nitrogens with one attached hydrogen (secondary N) is 1. The summed E-state index contributed by atoms with van der Waals surface area (Å²) in [6.45, 7) is 0.959. The number of benzene rings is 1. The van der Waals surface area contributed by atoms with Crippen LogP contribution in [-0.4, -0.2) is 33.9 Å². The average molecular weight is 241 g/mol. The minimum atomic E-state index is -0.957. The molecule has 1 aromatic rings. The molecular weight excluding hydrogens is 226 g/mol. The summed E-state index contributed by atoms with van der Waals surface area (Å²) >= 11 is 0. The largest absolute Gasteiger partial charge is 0.398 e. The Kier molecular flexibility index (Phi) is 3.87. The Bertz CT molecular complexity index is 418. The van der Waals surface area contributed by atoms with Crippen molar-refractivity contribution in [3.63, 3.8) is 0 Å². The molecule has 94 valence electrons. The third-order valence-electron chi connectivity index (χ3n) is 2.29. The normalized spacial score (nSPS) is 11.2. The molecule has 0 spiro atoms. The van der Waals surface area contributed by atoms with E-state index < -0.39 is 10.5 Å². The van der Waals surface area contributed by atoms with E-state index in [9.17, 15) is 10.1 Å². The molecular formula is C10H15N3O4. The van der Waals surface area contributed by atoms with E-state index in [4.69, 9.17) is 15.9 Å². The van der Waals surface area contributed by atoms with Gasteiger partial charge in [0, 0.05) is 23.5 Å². The summed E-state index contributed by atoms with van der Waals surface area (Å²) in [6, 6.07) is 4.02. The Labute approximate surface area is 98.0 Å². The molecule has 0 aliphatic carbocycles. The van der Waals surface area contributed by atoms with Crippen LogP contribution in [0.4, 0.5) is 17.1 Å². The first-order valence-electron chi connectivity index (χ1n) is 4.95. The van der Waals surface area contributed by atoms with E-state index in [-0.39, 0.29) is 24.6 Å². The van der Waals surface area contributed by atoms with Crippen molar-refractivity contribution in [1.82, 2.24) is 0 Å². The summed E-state index contributed by atoms with van der Waals surface area (Å²) in [5.74, 6) is 0. The summed E-state index contributed by atoms with van der Waals surface area (Å²) in [6.07, 6.45) is 0. The lowest BCUT2D eigenvalue weighted by Gasteiger charge is -2.27. The van der Waals surface area contributed by atoms with Crippen LogP contribution in [0.25, 0.3) is 0 Å². The molecule has 0 unspecified atom stereocenters. The van der Waals surface area contributed by atoms with Crippen molar-refractivity contribution in [2.45, 2.75) is 12.5 Å². The highest BCUT2D eigenvalue weighted by Gasteiger charge is 2.22. The van der Waals surface area contributed by atoms with E-state index in [1.54, 1.807) is 6.92 Å². The molecule has 17 heavy (non-hydrogen) atoms. The lowest BCUT2D eigenvalue weighted by atomic mass is 10.0. The van der Waals surface area contributed by atoms with E-state index in [1.165, 1.54) is 18.2 Å². The molecule has 0 saturated carbocycles. The molecule has 7 heteroatoms. The molecule has 0 bridgehead atoms. The van der Waals surface area contributed by atoms with Crippen LogP contribution in [0.5, 0.6) is 0 Å². The highest BCUT2D eigenvalue weighted by Crippen LogP contribution is 2.24. The molecule has 0 heterocycles. The SMILES string of the molecule is CC(CO)(CO)Nc1cc(N)cc([N+](=O)[O-])c1. The molecule has 1 aromatic carbocycles. The van der Waals surface area contributed by atoms with Gasteiger partial charge in [0.1, 0.15) is 0 Å². The highest BCUT2D eigenvalue weighted by molar-refractivity contribution is 5.62. The number of nitro groups is 1. The summed E-state index contributed by atoms with van der Waals surface area (Å²) < 4.78 is 0. The van der Waals surface area contributed by atoms with Gasteiger partial charge in [0.05, 0.1) is 23.7 Å². The third-order valence-corrected chi connectivity index (χ3v) is 2.29. The zero-order valence-corrected chi connectivity index (χ0v) is 9.38. The van der Waals surface area contributed by atoms with Crippen LogP contribution in [0.2, 0.25) is 0 Å². The molecule has 7 nitrogen and oxygen atoms in total. The maximum Gasteiger partial charge on any atom is 0.273 e. The van der Waals surface area contributed by atoms with Crippen LogP contribution in [0.1, 0.15) is 6.92 Å². The molecule has 0 fully saturated rings. The van der Waals surface area contributed by atoms with Crippen molar-refractivity contribution in [2.75, 3.05) is 24.3 Å². The minimum absolute atomic E-state index is 0.147. The van der Waals surface area contributed by atoms with Gasteiger partial charge in [-0.3, -0.25) is 10.1 Å². The molecule has 0 saturated heterocycles. The Balaban J connectivity index is 3.02. The van der Waals surface area contributed by atoms with Crippen LogP contribution in [0.3, 0.4) is 0 Å². The number of hydrogen-bond acceptors (Lipinski definition) is 6. The molecule has 0 aliphatic rings. The van der Waals surface area contributed by atoms with Crippen molar-refractivity contribution in [1.29, 1.82) is 0 Å². The van der Waals surface area contributed by atoms with Gasteiger partial charge in [-0.05, 0) is 13.0 Å². The first kappa shape index (κ1) is 13.2. The van der Waals surface area contributed by atoms with Gasteiger partial charge in [-0.25, -0.2) is 0 Å². The smallest absolute Gasteiger partial charge is 0.273 e. The predicted octanol–water partition coefficient (Wildman–Crippen LogP) is 0.332. The van der Waals surface area contributed by atoms with E-state index in [0.717, 1.165) is 0 Å². The van der Waals surface area contributed by atoms with Crippen LogP contribution in [0, 0.1) is 10.1 Å². The van der Waals surface area contributed by atoms with Crippen molar-refractivity contribution in [2.24, 2.45) is 0 Å². The van der Waals surface area contributed by atoms with Gasteiger partial charge in [0.25, 0.3) is 5.69 Å². The van der Waals surface area contributed by atoms with Gasteiger partial charge in [-0.15, -0.1) is 0 Å². The minimum Gasteiger partial charge on any atom is -0.398 e. The van der Waals surface area contributed by atoms with E-state index >= 15 is 0 Å². The summed E-state index contributed by atoms with van der Waals surface area (Å²) in [7, 11) is 0. The number of hydrogen-bond donors (Lipinski definition) is 4. The number of nitrogens with two attached hydrogens (primary N) is 1. The van der Waals surface area contributed by atoms with Gasteiger partial charge in [0.2, 0.25) is 0 Å². The first-order chi connectivity index (χ1) is 7.90. The molecule has 0 amide bonds. The number of nitro benzene ring substituents is 1. The Morgan fingerprint density at radius 2 is 2.00 bits per heavy atom. The number of aliphatic hydroxyl groups is 2. The van der Waals surface area contributed by atoms with Gasteiger partial charge >= 0.3 is 0 Å². The zero-order chi connectivity index (χ0) is 13.1. The van der Waals surface area contributed by atoms with Crippen molar-refractivity contribution >= 4 is 17.1 Å². The monoisotopic (exact) mass is 241 g/mol. The first-order valence-corrected chi connectivity index (χ1v) is 4.95. The van der Waals surface area contributed by atoms with Crippen molar-refractivity contribution in [3.05, 3.63) is 28.3 Å². The Morgan fingerprint density at radius 3 is 2.47 bits per heavy atom. The Morgan fingerprint density at radius 1 is 1.41 bits per heavy atom. The van der Waals surface area contributed by atoms with E-state index in [1.807, 2.05) is 0 Å². The molecule has 0 radical (unpaired) electrons. The number of aliphatic hydroxyl groups excluding tert-OH is 2. The summed E-state index contributed by atoms with van der Waals surface area (Å²) in [5, 5.41) is 31.7. The fourth-order valence-electron chi connectivity index (χ4n) is 1.29. The van der Waals surface area contributed by atoms with Gasteiger partial charge in [0.15, 0.2) is 0 Å². The summed E-state index contributed by atoms with van der Waals surface area (Å²) in [5.41, 5.74) is 5.04. The quantitative estimate of drug-likeness (QED) is 0.335. The third kappa shape index (κ3) is 3.30. The number of nitrogen functional groups attached to an aromatic ring is 1. The topological polar surface area (TPSA) is 122 Å². The fourth-order valence-corrected chi connectivity index (χ4v) is 1.29. The second-order valence-corrected chi connectivity index (χ2v) is 4.07. The van der Waals surface area contributed by atoms with Gasteiger partial charge in [-0.1, -0.05) is 0 Å². The lowest BCUT2D eigenvalue weighted by Crippen LogP contribution is -2.42. The molecule has 0 aromatic heterocycles. The fraction of sp³-hybridized carbons (Fsp3) is 0.400. The number of nitrogens with zero attached hydrogens (tertiary/aromatic N) is 1. The molecule has 1 rings (SSSR count). The van der Waals surface area contributed by atoms with Crippen molar-refractivity contribution < 1.29 is 15.1 Å². The zero-order valence-electron chi connectivity index (χ0n) is 9.38.